The lowest BCUT2D eigenvalue weighted by molar-refractivity contribution is 0.0566. The zero-order chi connectivity index (χ0) is 18.5. The predicted octanol–water partition coefficient (Wildman–Crippen LogP) is 4.54. The third kappa shape index (κ3) is 3.87. The molecule has 1 aromatic heterocycles. The van der Waals surface area contributed by atoms with Crippen LogP contribution >= 0.6 is 0 Å². The number of alkyl halides is 1. The summed E-state index contributed by atoms with van der Waals surface area (Å²) in [6.45, 7) is 2.77. The topological polar surface area (TPSA) is 34.1 Å². The molecule has 1 aliphatic rings. The molecule has 1 aliphatic heterocycles. The fourth-order valence-corrected chi connectivity index (χ4v) is 4.03. The molecule has 0 amide bonds. The van der Waals surface area contributed by atoms with Crippen LogP contribution in [0.3, 0.4) is 0 Å². The van der Waals surface area contributed by atoms with Gasteiger partial charge in [0.25, 0.3) is 0 Å². The highest BCUT2D eigenvalue weighted by Crippen LogP contribution is 2.34. The summed E-state index contributed by atoms with van der Waals surface area (Å²) in [7, 11) is 0. The van der Waals surface area contributed by atoms with E-state index in [1.165, 1.54) is 5.56 Å². The third-order valence-electron chi connectivity index (χ3n) is 5.63. The van der Waals surface area contributed by atoms with Crippen LogP contribution in [0.1, 0.15) is 29.5 Å². The van der Waals surface area contributed by atoms with E-state index < -0.39 is 6.67 Å². The minimum atomic E-state index is -0.479. The van der Waals surface area contributed by atoms with Gasteiger partial charge in [-0.3, -0.25) is 4.98 Å². The zero-order valence-electron chi connectivity index (χ0n) is 15.5. The molecule has 3 nitrogen and oxygen atoms in total. The quantitative estimate of drug-likeness (QED) is 0.697. The fraction of sp³-hybridized carbons (Fsp3) is 0.348. The van der Waals surface area contributed by atoms with Gasteiger partial charge in [0.15, 0.2) is 0 Å². The van der Waals surface area contributed by atoms with Crippen molar-refractivity contribution in [3.05, 3.63) is 77.5 Å². The number of halogens is 1. The Kier molecular flexibility index (Phi) is 5.46. The predicted molar refractivity (Wildman–Crippen MR) is 106 cm³/mol. The van der Waals surface area contributed by atoms with E-state index in [0.29, 0.717) is 18.8 Å². The summed E-state index contributed by atoms with van der Waals surface area (Å²) in [5.74, 6) is 0. The number of fused-ring (bicyclic) bond motifs is 1. The molecule has 0 saturated carbocycles. The molecule has 3 aromatic rings. The molecular weight excluding hydrogens is 339 g/mol. The van der Waals surface area contributed by atoms with Crippen LogP contribution in [-0.4, -0.2) is 24.7 Å². The van der Waals surface area contributed by atoms with Crippen molar-refractivity contribution in [2.24, 2.45) is 0 Å². The number of nitrogens with zero attached hydrogens (tertiary/aromatic N) is 1. The molecule has 0 aliphatic carbocycles. The molecule has 0 unspecified atom stereocenters. The Bertz CT molecular complexity index is 891. The number of aromatic nitrogens is 1. The number of pyridine rings is 1. The second kappa shape index (κ2) is 8.15. The van der Waals surface area contributed by atoms with Gasteiger partial charge in [0.1, 0.15) is 6.67 Å². The number of rotatable bonds is 6. The van der Waals surface area contributed by atoms with Crippen LogP contribution in [0.4, 0.5) is 4.39 Å². The van der Waals surface area contributed by atoms with Crippen LogP contribution < -0.4 is 5.32 Å². The van der Waals surface area contributed by atoms with Crippen LogP contribution in [0.15, 0.2) is 60.8 Å². The average Bonchev–Trinajstić information content (AvgIpc) is 2.74. The molecule has 4 rings (SSSR count). The standard InChI is InChI=1S/C23H25FN2O/c24-15-19-8-11-26-22-7-6-18(14-21(19)22)16-27-17-23(9-12-25-13-10-23)20-4-2-1-3-5-20/h1-8,11,14,25H,9-10,12-13,15-17H2. The van der Waals surface area contributed by atoms with E-state index in [2.05, 4.69) is 40.6 Å². The van der Waals surface area contributed by atoms with E-state index >= 15 is 0 Å². The highest BCUT2D eigenvalue weighted by Gasteiger charge is 2.34. The van der Waals surface area contributed by atoms with E-state index in [-0.39, 0.29) is 5.41 Å². The lowest BCUT2D eigenvalue weighted by Crippen LogP contribution is -2.43. The number of nitrogens with one attached hydrogen (secondary N) is 1. The van der Waals surface area contributed by atoms with Crippen molar-refractivity contribution >= 4 is 10.9 Å². The van der Waals surface area contributed by atoms with Gasteiger partial charge >= 0.3 is 0 Å². The number of ether oxygens (including phenoxy) is 1. The van der Waals surface area contributed by atoms with Gasteiger partial charge < -0.3 is 10.1 Å². The normalized spacial score (nSPS) is 16.5. The molecule has 1 N–H and O–H groups in total. The van der Waals surface area contributed by atoms with Gasteiger partial charge in [-0.15, -0.1) is 0 Å². The van der Waals surface area contributed by atoms with Gasteiger partial charge in [-0.2, -0.15) is 0 Å². The van der Waals surface area contributed by atoms with Crippen molar-refractivity contribution in [2.75, 3.05) is 19.7 Å². The maximum Gasteiger partial charge on any atom is 0.115 e. The van der Waals surface area contributed by atoms with Gasteiger partial charge in [0.2, 0.25) is 0 Å². The van der Waals surface area contributed by atoms with Crippen molar-refractivity contribution in [3.63, 3.8) is 0 Å². The minimum Gasteiger partial charge on any atom is -0.376 e. The first-order chi connectivity index (χ1) is 13.3. The van der Waals surface area contributed by atoms with Crippen molar-refractivity contribution in [3.8, 4) is 0 Å². The molecule has 0 spiro atoms. The van der Waals surface area contributed by atoms with Crippen LogP contribution in [0.25, 0.3) is 10.9 Å². The van der Waals surface area contributed by atoms with Crippen molar-refractivity contribution in [1.82, 2.24) is 10.3 Å². The highest BCUT2D eigenvalue weighted by atomic mass is 19.1. The number of hydrogen-bond donors (Lipinski definition) is 1. The molecule has 0 bridgehead atoms. The van der Waals surface area contributed by atoms with E-state index in [4.69, 9.17) is 4.74 Å². The van der Waals surface area contributed by atoms with E-state index in [1.807, 2.05) is 18.2 Å². The summed E-state index contributed by atoms with van der Waals surface area (Å²) in [6.07, 6.45) is 3.81. The Morgan fingerprint density at radius 1 is 1.04 bits per heavy atom. The SMILES string of the molecule is FCc1ccnc2ccc(COCC3(c4ccccc4)CCNCC3)cc12. The van der Waals surface area contributed by atoms with Gasteiger partial charge in [-0.05, 0) is 60.8 Å². The molecule has 0 radical (unpaired) electrons. The summed E-state index contributed by atoms with van der Waals surface area (Å²) in [6, 6.07) is 18.4. The lowest BCUT2D eigenvalue weighted by atomic mass is 9.74. The molecule has 2 aromatic carbocycles. The molecule has 1 fully saturated rings. The second-order valence-corrected chi connectivity index (χ2v) is 7.34. The van der Waals surface area contributed by atoms with Crippen molar-refractivity contribution < 1.29 is 9.13 Å². The van der Waals surface area contributed by atoms with Crippen LogP contribution in [0, 0.1) is 0 Å². The minimum absolute atomic E-state index is 0.0645. The first kappa shape index (κ1) is 18.1. The maximum absolute atomic E-state index is 13.3. The van der Waals surface area contributed by atoms with E-state index in [0.717, 1.165) is 42.4 Å². The first-order valence-corrected chi connectivity index (χ1v) is 9.57. The summed E-state index contributed by atoms with van der Waals surface area (Å²) >= 11 is 0. The smallest absolute Gasteiger partial charge is 0.115 e. The Morgan fingerprint density at radius 3 is 2.63 bits per heavy atom. The first-order valence-electron chi connectivity index (χ1n) is 9.57. The number of benzene rings is 2. The van der Waals surface area contributed by atoms with Crippen LogP contribution in [-0.2, 0) is 23.4 Å². The summed E-state index contributed by atoms with van der Waals surface area (Å²) in [5, 5.41) is 4.33. The maximum atomic E-state index is 13.3. The third-order valence-corrected chi connectivity index (χ3v) is 5.63. The Hall–Kier alpha value is -2.30. The van der Waals surface area contributed by atoms with Crippen molar-refractivity contribution in [1.29, 1.82) is 0 Å². The number of hydrogen-bond acceptors (Lipinski definition) is 3. The molecular formula is C23H25FN2O. The lowest BCUT2D eigenvalue weighted by Gasteiger charge is -2.38. The Labute approximate surface area is 159 Å². The average molecular weight is 364 g/mol. The van der Waals surface area contributed by atoms with Gasteiger partial charge in [-0.25, -0.2) is 4.39 Å². The van der Waals surface area contributed by atoms with Gasteiger partial charge in [-0.1, -0.05) is 36.4 Å². The van der Waals surface area contributed by atoms with Crippen LogP contribution in [0.5, 0.6) is 0 Å². The van der Waals surface area contributed by atoms with Gasteiger partial charge in [0, 0.05) is 17.0 Å². The summed E-state index contributed by atoms with van der Waals surface area (Å²) in [5.41, 5.74) is 3.99. The van der Waals surface area contributed by atoms with E-state index in [9.17, 15) is 4.39 Å². The largest absolute Gasteiger partial charge is 0.376 e. The van der Waals surface area contributed by atoms with Crippen molar-refractivity contribution in [2.45, 2.75) is 31.5 Å². The second-order valence-electron chi connectivity index (χ2n) is 7.34. The Balaban J connectivity index is 1.50. The molecule has 2 heterocycles. The summed E-state index contributed by atoms with van der Waals surface area (Å²) in [4.78, 5) is 4.32. The molecule has 27 heavy (non-hydrogen) atoms. The number of piperidine rings is 1. The molecule has 1 saturated heterocycles. The fourth-order valence-electron chi connectivity index (χ4n) is 4.03. The zero-order valence-corrected chi connectivity index (χ0v) is 15.5. The van der Waals surface area contributed by atoms with E-state index in [1.54, 1.807) is 12.3 Å². The van der Waals surface area contributed by atoms with Gasteiger partial charge in [0.05, 0.1) is 18.7 Å². The molecule has 0 atom stereocenters. The molecule has 4 heteroatoms. The van der Waals surface area contributed by atoms with Crippen LogP contribution in [0.2, 0.25) is 0 Å². The Morgan fingerprint density at radius 2 is 1.85 bits per heavy atom. The monoisotopic (exact) mass is 364 g/mol. The molecule has 140 valence electrons. The summed E-state index contributed by atoms with van der Waals surface area (Å²) < 4.78 is 19.5. The highest BCUT2D eigenvalue weighted by molar-refractivity contribution is 5.82.